The minimum Gasteiger partial charge on any atom is -0.481 e. The molecule has 0 aliphatic carbocycles. The molecule has 138 valence electrons. The summed E-state index contributed by atoms with van der Waals surface area (Å²) >= 11 is 5.92. The van der Waals surface area contributed by atoms with Crippen molar-refractivity contribution in [2.45, 2.75) is 32.9 Å². The molecule has 0 bridgehead atoms. The van der Waals surface area contributed by atoms with Gasteiger partial charge < -0.3 is 10.0 Å². The van der Waals surface area contributed by atoms with Crippen LogP contribution < -0.4 is 0 Å². The van der Waals surface area contributed by atoms with Crippen molar-refractivity contribution in [3.8, 4) is 0 Å². The lowest BCUT2D eigenvalue weighted by atomic mass is 9.83. The van der Waals surface area contributed by atoms with Gasteiger partial charge in [-0.25, -0.2) is 0 Å². The first kappa shape index (κ1) is 19.6. The molecule has 1 unspecified atom stereocenters. The average molecular weight is 378 g/mol. The van der Waals surface area contributed by atoms with Crippen LogP contribution in [0.4, 0.5) is 13.2 Å². The SMILES string of the molecule is CC(C)(Cc1cccc(Cl)c1)C(=O)N1CCC(C(=O)O)(C(F)(F)F)C1. The van der Waals surface area contributed by atoms with Gasteiger partial charge in [-0.05, 0) is 30.5 Å². The highest BCUT2D eigenvalue weighted by Crippen LogP contribution is 2.46. The minimum atomic E-state index is -4.91. The summed E-state index contributed by atoms with van der Waals surface area (Å²) in [6.45, 7) is 2.17. The second-order valence-electron chi connectivity index (χ2n) is 7.05. The van der Waals surface area contributed by atoms with Crippen LogP contribution in [0.25, 0.3) is 0 Å². The molecule has 0 radical (unpaired) electrons. The number of nitrogens with zero attached hydrogens (tertiary/aromatic N) is 1. The number of carbonyl (C=O) groups excluding carboxylic acids is 1. The van der Waals surface area contributed by atoms with Gasteiger partial charge in [0.25, 0.3) is 0 Å². The lowest BCUT2D eigenvalue weighted by molar-refractivity contribution is -0.227. The Morgan fingerprint density at radius 1 is 1.32 bits per heavy atom. The summed E-state index contributed by atoms with van der Waals surface area (Å²) in [6, 6.07) is 6.89. The van der Waals surface area contributed by atoms with E-state index in [1.54, 1.807) is 38.1 Å². The van der Waals surface area contributed by atoms with Gasteiger partial charge in [0.05, 0.1) is 0 Å². The van der Waals surface area contributed by atoms with Crippen molar-refractivity contribution in [1.29, 1.82) is 0 Å². The molecule has 1 saturated heterocycles. The zero-order chi connectivity index (χ0) is 19.0. The quantitative estimate of drug-likeness (QED) is 0.868. The van der Waals surface area contributed by atoms with Gasteiger partial charge in [0.15, 0.2) is 5.41 Å². The third kappa shape index (κ3) is 3.76. The van der Waals surface area contributed by atoms with Gasteiger partial charge in [0.1, 0.15) is 0 Å². The van der Waals surface area contributed by atoms with Crippen LogP contribution in [0.3, 0.4) is 0 Å². The van der Waals surface area contributed by atoms with Crippen molar-refractivity contribution < 1.29 is 27.9 Å². The number of likely N-dealkylation sites (tertiary alicyclic amines) is 1. The molecule has 2 rings (SSSR count). The summed E-state index contributed by atoms with van der Waals surface area (Å²) in [5.41, 5.74) is -3.09. The standard InChI is InChI=1S/C17H19ClF3NO3/c1-15(2,9-11-4-3-5-12(18)8-11)13(23)22-7-6-16(10-22,14(24)25)17(19,20)21/h3-5,8H,6-7,9-10H2,1-2H3,(H,24,25). The number of benzene rings is 1. The highest BCUT2D eigenvalue weighted by atomic mass is 35.5. The fraction of sp³-hybridized carbons (Fsp3) is 0.529. The van der Waals surface area contributed by atoms with E-state index >= 15 is 0 Å². The van der Waals surface area contributed by atoms with Crippen LogP contribution in [0.15, 0.2) is 24.3 Å². The van der Waals surface area contributed by atoms with Crippen LogP contribution in [0.1, 0.15) is 25.8 Å². The first-order valence-electron chi connectivity index (χ1n) is 7.73. The van der Waals surface area contributed by atoms with Crippen LogP contribution in [0.2, 0.25) is 5.02 Å². The fourth-order valence-corrected chi connectivity index (χ4v) is 3.38. The normalized spacial score (nSPS) is 21.4. The lowest BCUT2D eigenvalue weighted by Crippen LogP contribution is -2.49. The zero-order valence-electron chi connectivity index (χ0n) is 13.9. The van der Waals surface area contributed by atoms with E-state index in [0.717, 1.165) is 10.5 Å². The van der Waals surface area contributed by atoms with Gasteiger partial charge in [0, 0.05) is 23.5 Å². The van der Waals surface area contributed by atoms with E-state index in [-0.39, 0.29) is 13.0 Å². The van der Waals surface area contributed by atoms with E-state index in [9.17, 15) is 22.8 Å². The summed E-state index contributed by atoms with van der Waals surface area (Å²) in [7, 11) is 0. The summed E-state index contributed by atoms with van der Waals surface area (Å²) in [4.78, 5) is 25.0. The maximum absolute atomic E-state index is 13.3. The molecule has 1 heterocycles. The first-order valence-corrected chi connectivity index (χ1v) is 8.11. The third-order valence-electron chi connectivity index (χ3n) is 4.62. The molecular weight excluding hydrogens is 359 g/mol. The molecular formula is C17H19ClF3NO3. The van der Waals surface area contributed by atoms with Crippen molar-refractivity contribution >= 4 is 23.5 Å². The molecule has 0 spiro atoms. The van der Waals surface area contributed by atoms with Gasteiger partial charge in [0.2, 0.25) is 5.91 Å². The molecule has 1 N–H and O–H groups in total. The van der Waals surface area contributed by atoms with Crippen molar-refractivity contribution in [1.82, 2.24) is 4.90 Å². The number of carboxylic acids is 1. The minimum absolute atomic E-state index is 0.233. The number of amides is 1. The Balaban J connectivity index is 2.19. The highest BCUT2D eigenvalue weighted by molar-refractivity contribution is 6.30. The molecule has 1 aliphatic rings. The van der Waals surface area contributed by atoms with E-state index in [0.29, 0.717) is 5.02 Å². The predicted molar refractivity (Wildman–Crippen MR) is 86.3 cm³/mol. The van der Waals surface area contributed by atoms with Gasteiger partial charge in [-0.1, -0.05) is 37.6 Å². The number of carboxylic acid groups (broad SMARTS) is 1. The fourth-order valence-electron chi connectivity index (χ4n) is 3.17. The predicted octanol–water partition coefficient (Wildman–Crippen LogP) is 3.77. The maximum Gasteiger partial charge on any atom is 0.406 e. The van der Waals surface area contributed by atoms with E-state index in [1.165, 1.54) is 0 Å². The lowest BCUT2D eigenvalue weighted by Gasteiger charge is -2.31. The average Bonchev–Trinajstić information content (AvgIpc) is 2.92. The summed E-state index contributed by atoms with van der Waals surface area (Å²) < 4.78 is 39.8. The summed E-state index contributed by atoms with van der Waals surface area (Å²) in [5.74, 6) is -2.44. The summed E-state index contributed by atoms with van der Waals surface area (Å²) in [5, 5.41) is 9.60. The molecule has 1 fully saturated rings. The second-order valence-corrected chi connectivity index (χ2v) is 7.49. The third-order valence-corrected chi connectivity index (χ3v) is 4.86. The van der Waals surface area contributed by atoms with E-state index < -0.39 is 41.8 Å². The number of carbonyl (C=O) groups is 2. The van der Waals surface area contributed by atoms with Crippen LogP contribution >= 0.6 is 11.6 Å². The molecule has 8 heteroatoms. The molecule has 1 aliphatic heterocycles. The molecule has 0 aromatic heterocycles. The number of alkyl halides is 3. The van der Waals surface area contributed by atoms with Crippen LogP contribution in [0, 0.1) is 10.8 Å². The van der Waals surface area contributed by atoms with E-state index in [4.69, 9.17) is 16.7 Å². The number of aliphatic carboxylic acids is 1. The van der Waals surface area contributed by atoms with E-state index in [1.807, 2.05) is 0 Å². The number of hydrogen-bond donors (Lipinski definition) is 1. The van der Waals surface area contributed by atoms with Crippen molar-refractivity contribution in [3.05, 3.63) is 34.9 Å². The van der Waals surface area contributed by atoms with Crippen LogP contribution in [-0.4, -0.2) is 41.1 Å². The Kier molecular flexibility index (Phi) is 5.10. The van der Waals surface area contributed by atoms with Crippen molar-refractivity contribution in [2.24, 2.45) is 10.8 Å². The molecule has 25 heavy (non-hydrogen) atoms. The van der Waals surface area contributed by atoms with Crippen LogP contribution in [0.5, 0.6) is 0 Å². The van der Waals surface area contributed by atoms with E-state index in [2.05, 4.69) is 0 Å². The highest BCUT2D eigenvalue weighted by Gasteiger charge is 2.64. The molecule has 0 saturated carbocycles. The van der Waals surface area contributed by atoms with Crippen LogP contribution in [-0.2, 0) is 16.0 Å². The van der Waals surface area contributed by atoms with Crippen molar-refractivity contribution in [2.75, 3.05) is 13.1 Å². The second kappa shape index (κ2) is 6.52. The number of hydrogen-bond acceptors (Lipinski definition) is 2. The Labute approximate surface area is 148 Å². The smallest absolute Gasteiger partial charge is 0.406 e. The monoisotopic (exact) mass is 377 g/mol. The Bertz CT molecular complexity index is 690. The van der Waals surface area contributed by atoms with Gasteiger partial charge in [-0.15, -0.1) is 0 Å². The Morgan fingerprint density at radius 2 is 1.96 bits per heavy atom. The molecule has 1 atom stereocenters. The van der Waals surface area contributed by atoms with Gasteiger partial charge >= 0.3 is 12.1 Å². The van der Waals surface area contributed by atoms with Crippen molar-refractivity contribution in [3.63, 3.8) is 0 Å². The largest absolute Gasteiger partial charge is 0.481 e. The topological polar surface area (TPSA) is 57.6 Å². The Hall–Kier alpha value is -1.76. The first-order chi connectivity index (χ1) is 11.4. The summed E-state index contributed by atoms with van der Waals surface area (Å²) in [6.07, 6.45) is -5.26. The zero-order valence-corrected chi connectivity index (χ0v) is 14.6. The Morgan fingerprint density at radius 3 is 2.44 bits per heavy atom. The number of rotatable bonds is 4. The van der Waals surface area contributed by atoms with Gasteiger partial charge in [-0.3, -0.25) is 9.59 Å². The molecule has 4 nitrogen and oxygen atoms in total. The maximum atomic E-state index is 13.3. The number of halogens is 4. The molecule has 1 aromatic rings. The molecule has 1 amide bonds. The van der Waals surface area contributed by atoms with Gasteiger partial charge in [-0.2, -0.15) is 13.2 Å². The molecule has 1 aromatic carbocycles.